The molecule has 0 aliphatic heterocycles. The summed E-state index contributed by atoms with van der Waals surface area (Å²) < 4.78 is 1.87. The van der Waals surface area contributed by atoms with Gasteiger partial charge in [-0.3, -0.25) is 20.4 Å². The van der Waals surface area contributed by atoms with E-state index in [2.05, 4.69) is 21.0 Å². The fraction of sp³-hybridized carbons (Fsp3) is 0.333. The first-order valence-electron chi connectivity index (χ1n) is 6.15. The van der Waals surface area contributed by atoms with Gasteiger partial charge in [0.1, 0.15) is 5.82 Å². The van der Waals surface area contributed by atoms with Crippen LogP contribution in [0.25, 0.3) is 0 Å². The number of amides is 2. The van der Waals surface area contributed by atoms with Crippen LogP contribution in [0.1, 0.15) is 17.6 Å². The second kappa shape index (κ2) is 7.23. The average molecular weight is 325 g/mol. The van der Waals surface area contributed by atoms with Gasteiger partial charge in [0.2, 0.25) is 11.8 Å². The Hall–Kier alpha value is -1.87. The number of carbonyl (C=O) groups excluding carboxylic acids is 2. The second-order valence-corrected chi connectivity index (χ2v) is 6.21. The standard InChI is InChI=1S/C12H15N5O2S2/c1-8(18)13-15-11(19)7-21-12-16-14-10(17(12)2)6-9-4-3-5-20-9/h3-5H,6-7H2,1-2H3,(H,13,18)(H,15,19). The summed E-state index contributed by atoms with van der Waals surface area (Å²) in [6.45, 7) is 1.33. The van der Waals surface area contributed by atoms with Crippen LogP contribution in [-0.2, 0) is 23.1 Å². The molecule has 0 saturated heterocycles. The summed E-state index contributed by atoms with van der Waals surface area (Å²) in [4.78, 5) is 23.4. The molecule has 2 N–H and O–H groups in total. The van der Waals surface area contributed by atoms with Crippen molar-refractivity contribution < 1.29 is 9.59 Å². The van der Waals surface area contributed by atoms with Crippen LogP contribution in [0, 0.1) is 0 Å². The van der Waals surface area contributed by atoms with Gasteiger partial charge in [-0.05, 0) is 11.4 Å². The van der Waals surface area contributed by atoms with Crippen molar-refractivity contribution in [1.82, 2.24) is 25.6 Å². The van der Waals surface area contributed by atoms with Gasteiger partial charge in [0.05, 0.1) is 5.75 Å². The predicted octanol–water partition coefficient (Wildman–Crippen LogP) is 0.727. The van der Waals surface area contributed by atoms with Crippen LogP contribution in [0.2, 0.25) is 0 Å². The number of thioether (sulfide) groups is 1. The lowest BCUT2D eigenvalue weighted by Crippen LogP contribution is -2.41. The number of hydrogen-bond donors (Lipinski definition) is 2. The lowest BCUT2D eigenvalue weighted by atomic mass is 10.3. The minimum Gasteiger partial charge on any atom is -0.309 e. The summed E-state index contributed by atoms with van der Waals surface area (Å²) >= 11 is 2.94. The Kier molecular flexibility index (Phi) is 5.34. The number of rotatable bonds is 5. The normalized spacial score (nSPS) is 10.4. The van der Waals surface area contributed by atoms with Gasteiger partial charge in [-0.25, -0.2) is 0 Å². The fourth-order valence-corrected chi connectivity index (χ4v) is 2.95. The molecule has 0 unspecified atom stereocenters. The maximum Gasteiger partial charge on any atom is 0.248 e. The molecule has 21 heavy (non-hydrogen) atoms. The SMILES string of the molecule is CC(=O)NNC(=O)CSc1nnc(Cc2cccs2)n1C. The van der Waals surface area contributed by atoms with Crippen LogP contribution in [0.3, 0.4) is 0 Å². The van der Waals surface area contributed by atoms with Gasteiger partial charge < -0.3 is 4.57 Å². The molecule has 0 aromatic carbocycles. The Bertz CT molecular complexity index is 624. The molecule has 112 valence electrons. The average Bonchev–Trinajstić information content (AvgIpc) is 3.07. The maximum atomic E-state index is 11.5. The van der Waals surface area contributed by atoms with E-state index in [-0.39, 0.29) is 17.6 Å². The van der Waals surface area contributed by atoms with E-state index in [0.29, 0.717) is 5.16 Å². The van der Waals surface area contributed by atoms with E-state index in [0.717, 1.165) is 12.2 Å². The lowest BCUT2D eigenvalue weighted by Gasteiger charge is -2.05. The smallest absolute Gasteiger partial charge is 0.248 e. The summed E-state index contributed by atoms with van der Waals surface area (Å²) in [5.41, 5.74) is 4.54. The number of thiophene rings is 1. The Morgan fingerprint density at radius 2 is 2.19 bits per heavy atom. The zero-order valence-electron chi connectivity index (χ0n) is 11.6. The molecule has 2 aromatic rings. The number of hydrazine groups is 1. The molecule has 0 fully saturated rings. The number of nitrogens with zero attached hydrogens (tertiary/aromatic N) is 3. The lowest BCUT2D eigenvalue weighted by molar-refractivity contribution is -0.126. The molecule has 2 heterocycles. The van der Waals surface area contributed by atoms with Crippen molar-refractivity contribution in [1.29, 1.82) is 0 Å². The van der Waals surface area contributed by atoms with E-state index < -0.39 is 0 Å². The predicted molar refractivity (Wildman–Crippen MR) is 80.8 cm³/mol. The summed E-state index contributed by atoms with van der Waals surface area (Å²) in [5, 5.41) is 10.9. The minimum atomic E-state index is -0.315. The third kappa shape index (κ3) is 4.57. The van der Waals surface area contributed by atoms with Crippen LogP contribution in [-0.4, -0.2) is 32.3 Å². The van der Waals surface area contributed by atoms with Crippen LogP contribution in [0.15, 0.2) is 22.7 Å². The molecular formula is C12H15N5O2S2. The Morgan fingerprint density at radius 1 is 1.38 bits per heavy atom. The van der Waals surface area contributed by atoms with Gasteiger partial charge in [-0.2, -0.15) is 0 Å². The summed E-state index contributed by atoms with van der Waals surface area (Å²) in [7, 11) is 1.87. The minimum absolute atomic E-state index is 0.158. The van der Waals surface area contributed by atoms with Crippen LogP contribution in [0.4, 0.5) is 0 Å². The van der Waals surface area contributed by atoms with Gasteiger partial charge in [0.15, 0.2) is 5.16 Å². The molecule has 2 rings (SSSR count). The second-order valence-electron chi connectivity index (χ2n) is 4.23. The molecule has 0 bridgehead atoms. The van der Waals surface area contributed by atoms with E-state index >= 15 is 0 Å². The van der Waals surface area contributed by atoms with E-state index in [9.17, 15) is 9.59 Å². The molecule has 0 aliphatic rings. The molecule has 9 heteroatoms. The highest BCUT2D eigenvalue weighted by Crippen LogP contribution is 2.18. The Morgan fingerprint density at radius 3 is 2.86 bits per heavy atom. The molecule has 0 atom stereocenters. The first-order chi connectivity index (χ1) is 10.1. The van der Waals surface area contributed by atoms with E-state index in [1.807, 2.05) is 29.1 Å². The van der Waals surface area contributed by atoms with Gasteiger partial charge in [-0.15, -0.1) is 21.5 Å². The number of carbonyl (C=O) groups is 2. The topological polar surface area (TPSA) is 88.9 Å². The van der Waals surface area contributed by atoms with Crippen LogP contribution >= 0.6 is 23.1 Å². The van der Waals surface area contributed by atoms with Gasteiger partial charge in [-0.1, -0.05) is 17.8 Å². The largest absolute Gasteiger partial charge is 0.309 e. The molecule has 2 amide bonds. The zero-order chi connectivity index (χ0) is 15.2. The van der Waals surface area contributed by atoms with Crippen molar-refractivity contribution in [2.24, 2.45) is 7.05 Å². The van der Waals surface area contributed by atoms with Gasteiger partial charge in [0.25, 0.3) is 0 Å². The zero-order valence-corrected chi connectivity index (χ0v) is 13.3. The van der Waals surface area contributed by atoms with Crippen molar-refractivity contribution >= 4 is 34.9 Å². The first-order valence-corrected chi connectivity index (χ1v) is 8.01. The highest BCUT2D eigenvalue weighted by Gasteiger charge is 2.12. The molecule has 7 nitrogen and oxygen atoms in total. The number of hydrogen-bond acceptors (Lipinski definition) is 6. The highest BCUT2D eigenvalue weighted by atomic mass is 32.2. The Balaban J connectivity index is 1.88. The molecule has 0 saturated carbocycles. The highest BCUT2D eigenvalue weighted by molar-refractivity contribution is 7.99. The quantitative estimate of drug-likeness (QED) is 0.625. The van der Waals surface area contributed by atoms with Crippen molar-refractivity contribution in [3.8, 4) is 0 Å². The van der Waals surface area contributed by atoms with E-state index in [4.69, 9.17) is 0 Å². The fourth-order valence-electron chi connectivity index (χ4n) is 1.52. The third-order valence-electron chi connectivity index (χ3n) is 2.55. The van der Waals surface area contributed by atoms with E-state index in [1.165, 1.54) is 23.6 Å². The van der Waals surface area contributed by atoms with Crippen molar-refractivity contribution in [3.05, 3.63) is 28.2 Å². The Labute approximate surface area is 130 Å². The van der Waals surface area contributed by atoms with Crippen LogP contribution < -0.4 is 10.9 Å². The number of aromatic nitrogens is 3. The van der Waals surface area contributed by atoms with Crippen molar-refractivity contribution in [3.63, 3.8) is 0 Å². The molecule has 0 radical (unpaired) electrons. The first kappa shape index (κ1) is 15.5. The molecule has 2 aromatic heterocycles. The molecular weight excluding hydrogens is 310 g/mol. The molecule has 0 spiro atoms. The van der Waals surface area contributed by atoms with Crippen molar-refractivity contribution in [2.45, 2.75) is 18.5 Å². The third-order valence-corrected chi connectivity index (χ3v) is 4.44. The molecule has 0 aliphatic carbocycles. The summed E-state index contributed by atoms with van der Waals surface area (Å²) in [6, 6.07) is 4.05. The van der Waals surface area contributed by atoms with Crippen LogP contribution in [0.5, 0.6) is 0 Å². The summed E-state index contributed by atoms with van der Waals surface area (Å²) in [5.74, 6) is 0.399. The monoisotopic (exact) mass is 325 g/mol. The van der Waals surface area contributed by atoms with Crippen molar-refractivity contribution in [2.75, 3.05) is 5.75 Å². The number of nitrogens with one attached hydrogen (secondary N) is 2. The summed E-state index contributed by atoms with van der Waals surface area (Å²) in [6.07, 6.45) is 0.722. The maximum absolute atomic E-state index is 11.5. The van der Waals surface area contributed by atoms with E-state index in [1.54, 1.807) is 11.3 Å². The van der Waals surface area contributed by atoms with Gasteiger partial charge >= 0.3 is 0 Å². The van der Waals surface area contributed by atoms with Gasteiger partial charge in [0, 0.05) is 25.3 Å².